The molecular formula is C21H23F3N6. The highest BCUT2D eigenvalue weighted by Gasteiger charge is 2.18. The lowest BCUT2D eigenvalue weighted by Crippen LogP contribution is -2.44. The van der Waals surface area contributed by atoms with E-state index in [4.69, 9.17) is 0 Å². The van der Waals surface area contributed by atoms with Crippen molar-refractivity contribution in [3.63, 3.8) is 0 Å². The van der Waals surface area contributed by atoms with Crippen LogP contribution >= 0.6 is 0 Å². The first kappa shape index (κ1) is 20.3. The van der Waals surface area contributed by atoms with Gasteiger partial charge in [-0.2, -0.15) is 5.10 Å². The Morgan fingerprint density at radius 1 is 1.10 bits per heavy atom. The minimum absolute atomic E-state index is 0.0192. The van der Waals surface area contributed by atoms with Gasteiger partial charge in [0.25, 0.3) is 6.43 Å². The van der Waals surface area contributed by atoms with Gasteiger partial charge in [-0.1, -0.05) is 18.2 Å². The van der Waals surface area contributed by atoms with Gasteiger partial charge in [0.15, 0.2) is 5.82 Å². The topological polar surface area (TPSA) is 57.2 Å². The molecule has 0 unspecified atom stereocenters. The molecule has 3 aromatic rings. The van der Waals surface area contributed by atoms with Crippen LogP contribution in [0.1, 0.15) is 23.2 Å². The number of pyridine rings is 1. The number of nitrogens with zero attached hydrogens (tertiary/aromatic N) is 5. The second kappa shape index (κ2) is 8.43. The van der Waals surface area contributed by atoms with Gasteiger partial charge >= 0.3 is 0 Å². The fourth-order valence-electron chi connectivity index (χ4n) is 3.58. The van der Waals surface area contributed by atoms with Crippen molar-refractivity contribution < 1.29 is 13.2 Å². The summed E-state index contributed by atoms with van der Waals surface area (Å²) >= 11 is 0. The first-order chi connectivity index (χ1) is 14.4. The standard InChI is InChI=1S/C21H23F3N6/c1-13-17-12-25-18(30-8-6-29(2)7-9-30)10-16(17)21(28-27-13)26-11-14-4-3-5-15(19(14)22)20(23)24/h3-5,10,12,20H,6-9,11H2,1-2H3,(H,26,28). The number of likely N-dealkylation sites (N-methyl/N-ethyl adjacent to an activating group) is 1. The van der Waals surface area contributed by atoms with Gasteiger partial charge in [-0.3, -0.25) is 0 Å². The number of anilines is 2. The molecule has 1 fully saturated rings. The van der Waals surface area contributed by atoms with Crippen molar-refractivity contribution in [2.75, 3.05) is 43.4 Å². The second-order valence-electron chi connectivity index (χ2n) is 7.49. The number of nitrogens with one attached hydrogen (secondary N) is 1. The third-order valence-corrected chi connectivity index (χ3v) is 5.45. The number of fused-ring (bicyclic) bond motifs is 1. The van der Waals surface area contributed by atoms with E-state index in [-0.39, 0.29) is 12.1 Å². The quantitative estimate of drug-likeness (QED) is 0.683. The average Bonchev–Trinajstić information content (AvgIpc) is 2.74. The highest BCUT2D eigenvalue weighted by atomic mass is 19.3. The molecule has 6 nitrogen and oxygen atoms in total. The third kappa shape index (κ3) is 4.02. The van der Waals surface area contributed by atoms with E-state index in [9.17, 15) is 13.2 Å². The number of rotatable bonds is 5. The molecule has 1 N–H and O–H groups in total. The van der Waals surface area contributed by atoms with Crippen LogP contribution in [0.5, 0.6) is 0 Å². The Kier molecular flexibility index (Phi) is 5.72. The van der Waals surface area contributed by atoms with E-state index in [1.165, 1.54) is 12.1 Å². The van der Waals surface area contributed by atoms with Gasteiger partial charge in [-0.15, -0.1) is 5.10 Å². The number of alkyl halides is 2. The highest BCUT2D eigenvalue weighted by molar-refractivity contribution is 5.94. The molecule has 0 bridgehead atoms. The van der Waals surface area contributed by atoms with Crippen LogP contribution in [0.3, 0.4) is 0 Å². The number of hydrogen-bond donors (Lipinski definition) is 1. The summed E-state index contributed by atoms with van der Waals surface area (Å²) in [4.78, 5) is 9.07. The number of aryl methyl sites for hydroxylation is 1. The molecule has 0 aliphatic carbocycles. The molecule has 0 saturated carbocycles. The minimum atomic E-state index is -2.86. The molecular weight excluding hydrogens is 393 g/mol. The molecule has 158 valence electrons. The fourth-order valence-corrected chi connectivity index (χ4v) is 3.58. The predicted octanol–water partition coefficient (Wildman–Crippen LogP) is 3.77. The van der Waals surface area contributed by atoms with Crippen molar-refractivity contribution in [2.45, 2.75) is 19.9 Å². The van der Waals surface area contributed by atoms with Crippen LogP contribution in [-0.4, -0.2) is 53.3 Å². The second-order valence-corrected chi connectivity index (χ2v) is 7.49. The lowest BCUT2D eigenvalue weighted by atomic mass is 10.1. The van der Waals surface area contributed by atoms with Crippen molar-refractivity contribution in [3.8, 4) is 0 Å². The Morgan fingerprint density at radius 2 is 1.87 bits per heavy atom. The van der Waals surface area contributed by atoms with Gasteiger partial charge in [0, 0.05) is 55.3 Å². The minimum Gasteiger partial charge on any atom is -0.364 e. The molecule has 3 heterocycles. The Labute approximate surface area is 172 Å². The number of aromatic nitrogens is 3. The molecule has 0 atom stereocenters. The molecule has 2 aromatic heterocycles. The molecule has 30 heavy (non-hydrogen) atoms. The van der Waals surface area contributed by atoms with Gasteiger partial charge in [0.1, 0.15) is 11.6 Å². The third-order valence-electron chi connectivity index (χ3n) is 5.45. The zero-order valence-electron chi connectivity index (χ0n) is 16.9. The van der Waals surface area contributed by atoms with Crippen molar-refractivity contribution >= 4 is 22.4 Å². The highest BCUT2D eigenvalue weighted by Crippen LogP contribution is 2.28. The number of piperazine rings is 1. The fraction of sp³-hybridized carbons (Fsp3) is 0.381. The Morgan fingerprint density at radius 3 is 2.60 bits per heavy atom. The number of hydrogen-bond acceptors (Lipinski definition) is 6. The lowest BCUT2D eigenvalue weighted by molar-refractivity contribution is 0.146. The van der Waals surface area contributed by atoms with Gasteiger partial charge in [-0.25, -0.2) is 18.2 Å². The summed E-state index contributed by atoms with van der Waals surface area (Å²) in [7, 11) is 2.09. The van der Waals surface area contributed by atoms with E-state index in [2.05, 4.69) is 37.3 Å². The normalized spacial score (nSPS) is 15.2. The number of halogens is 3. The van der Waals surface area contributed by atoms with Crippen LogP contribution < -0.4 is 10.2 Å². The van der Waals surface area contributed by atoms with Crippen molar-refractivity contribution in [3.05, 3.63) is 53.1 Å². The molecule has 1 aromatic carbocycles. The lowest BCUT2D eigenvalue weighted by Gasteiger charge is -2.33. The molecule has 1 aliphatic rings. The van der Waals surface area contributed by atoms with Crippen molar-refractivity contribution in [2.24, 2.45) is 0 Å². The molecule has 0 spiro atoms. The summed E-state index contributed by atoms with van der Waals surface area (Å²) < 4.78 is 40.3. The Bertz CT molecular complexity index is 1050. The Balaban J connectivity index is 1.63. The van der Waals surface area contributed by atoms with E-state index in [1.54, 1.807) is 6.20 Å². The van der Waals surface area contributed by atoms with Crippen LogP contribution in [0.15, 0.2) is 30.5 Å². The maximum absolute atomic E-state index is 14.4. The monoisotopic (exact) mass is 416 g/mol. The van der Waals surface area contributed by atoms with Crippen LogP contribution in [0.2, 0.25) is 0 Å². The molecule has 0 amide bonds. The summed E-state index contributed by atoms with van der Waals surface area (Å²) in [5.74, 6) is 0.413. The first-order valence-electron chi connectivity index (χ1n) is 9.80. The van der Waals surface area contributed by atoms with Crippen LogP contribution in [0.4, 0.5) is 24.8 Å². The van der Waals surface area contributed by atoms with Gasteiger partial charge in [0.2, 0.25) is 0 Å². The molecule has 1 saturated heterocycles. The van der Waals surface area contributed by atoms with E-state index < -0.39 is 17.8 Å². The summed E-state index contributed by atoms with van der Waals surface area (Å²) in [6.45, 7) is 5.53. The summed E-state index contributed by atoms with van der Waals surface area (Å²) in [5, 5.41) is 13.1. The Hall–Kier alpha value is -2.94. The van der Waals surface area contributed by atoms with Gasteiger partial charge < -0.3 is 15.1 Å². The largest absolute Gasteiger partial charge is 0.364 e. The molecule has 4 rings (SSSR count). The SMILES string of the molecule is Cc1nnc(NCc2cccc(C(F)F)c2F)c2cc(N3CCN(C)CC3)ncc12. The van der Waals surface area contributed by atoms with Crippen LogP contribution in [0, 0.1) is 12.7 Å². The summed E-state index contributed by atoms with van der Waals surface area (Å²) in [6, 6.07) is 5.96. The molecule has 9 heteroatoms. The smallest absolute Gasteiger partial charge is 0.266 e. The van der Waals surface area contributed by atoms with Crippen molar-refractivity contribution in [1.29, 1.82) is 0 Å². The van der Waals surface area contributed by atoms with Crippen LogP contribution in [0.25, 0.3) is 10.8 Å². The number of benzene rings is 1. The van der Waals surface area contributed by atoms with E-state index in [1.807, 2.05) is 13.0 Å². The summed E-state index contributed by atoms with van der Waals surface area (Å²) in [6.07, 6.45) is -1.09. The zero-order valence-corrected chi connectivity index (χ0v) is 16.9. The van der Waals surface area contributed by atoms with Gasteiger partial charge in [-0.05, 0) is 20.0 Å². The first-order valence-corrected chi connectivity index (χ1v) is 9.80. The van der Waals surface area contributed by atoms with Crippen LogP contribution in [-0.2, 0) is 6.54 Å². The van der Waals surface area contributed by atoms with E-state index >= 15 is 0 Å². The molecule has 1 aliphatic heterocycles. The van der Waals surface area contributed by atoms with E-state index in [0.29, 0.717) is 5.82 Å². The zero-order chi connectivity index (χ0) is 21.3. The molecule has 0 radical (unpaired) electrons. The summed E-state index contributed by atoms with van der Waals surface area (Å²) in [5.41, 5.74) is 0.284. The van der Waals surface area contributed by atoms with Gasteiger partial charge in [0.05, 0.1) is 11.3 Å². The predicted molar refractivity (Wildman–Crippen MR) is 110 cm³/mol. The van der Waals surface area contributed by atoms with E-state index in [0.717, 1.165) is 54.5 Å². The maximum Gasteiger partial charge on any atom is 0.266 e. The van der Waals surface area contributed by atoms with Crippen molar-refractivity contribution in [1.82, 2.24) is 20.1 Å². The average molecular weight is 416 g/mol. The maximum atomic E-state index is 14.4.